The van der Waals surface area contributed by atoms with Gasteiger partial charge in [0.1, 0.15) is 17.5 Å². The van der Waals surface area contributed by atoms with Crippen LogP contribution in [0.5, 0.6) is 0 Å². The van der Waals surface area contributed by atoms with E-state index < -0.39 is 17.5 Å². The number of amidine groups is 1. The molecule has 0 aliphatic carbocycles. The summed E-state index contributed by atoms with van der Waals surface area (Å²) in [5, 5.41) is 0. The fourth-order valence-corrected chi connectivity index (χ4v) is 0.970. The van der Waals surface area contributed by atoms with Crippen LogP contribution in [0.3, 0.4) is 0 Å². The van der Waals surface area contributed by atoms with Gasteiger partial charge in [0.2, 0.25) is 0 Å². The number of halogens is 2. The van der Waals surface area contributed by atoms with Crippen molar-refractivity contribution < 1.29 is 13.6 Å². The SMILES string of the molecule is CC(=NC(=O)c1ccc(F)cc1F)N(C)C. The number of rotatable bonds is 1. The number of hydrogen-bond donors (Lipinski definition) is 0. The standard InChI is InChI=1S/C11H12F2N2O/c1-7(15(2)3)14-11(16)9-5-4-8(12)6-10(9)13/h4-6H,1-3H3. The highest BCUT2D eigenvalue weighted by Gasteiger charge is 2.12. The third-order valence-electron chi connectivity index (χ3n) is 2.07. The molecule has 86 valence electrons. The number of hydrogen-bond acceptors (Lipinski definition) is 1. The lowest BCUT2D eigenvalue weighted by Gasteiger charge is -2.10. The number of carbonyl (C=O) groups is 1. The molecule has 0 unspecified atom stereocenters. The van der Waals surface area contributed by atoms with Crippen LogP contribution >= 0.6 is 0 Å². The highest BCUT2D eigenvalue weighted by molar-refractivity contribution is 6.02. The van der Waals surface area contributed by atoms with Gasteiger partial charge in [0, 0.05) is 20.2 Å². The van der Waals surface area contributed by atoms with Gasteiger partial charge >= 0.3 is 0 Å². The maximum atomic E-state index is 13.2. The molecule has 16 heavy (non-hydrogen) atoms. The number of carbonyl (C=O) groups excluding carboxylic acids is 1. The predicted octanol–water partition coefficient (Wildman–Crippen LogP) is 2.08. The van der Waals surface area contributed by atoms with Crippen LogP contribution in [-0.4, -0.2) is 30.7 Å². The molecule has 0 atom stereocenters. The Kier molecular flexibility index (Phi) is 3.71. The van der Waals surface area contributed by atoms with Crippen LogP contribution < -0.4 is 0 Å². The molecular formula is C11H12F2N2O. The Morgan fingerprint density at radius 3 is 2.44 bits per heavy atom. The van der Waals surface area contributed by atoms with E-state index in [-0.39, 0.29) is 5.56 Å². The van der Waals surface area contributed by atoms with Crippen LogP contribution in [0.2, 0.25) is 0 Å². The Balaban J connectivity index is 3.02. The molecule has 1 aromatic carbocycles. The Morgan fingerprint density at radius 2 is 1.94 bits per heavy atom. The summed E-state index contributed by atoms with van der Waals surface area (Å²) in [7, 11) is 3.43. The van der Waals surface area contributed by atoms with Crippen molar-refractivity contribution in [2.75, 3.05) is 14.1 Å². The fraction of sp³-hybridized carbons (Fsp3) is 0.273. The zero-order valence-corrected chi connectivity index (χ0v) is 9.29. The first-order valence-electron chi connectivity index (χ1n) is 4.64. The van der Waals surface area contributed by atoms with Gasteiger partial charge in [0.05, 0.1) is 5.56 Å². The molecule has 0 spiro atoms. The molecule has 0 bridgehead atoms. The zero-order valence-electron chi connectivity index (χ0n) is 9.29. The largest absolute Gasteiger partial charge is 0.366 e. The number of benzene rings is 1. The van der Waals surface area contributed by atoms with Gasteiger partial charge in [-0.25, -0.2) is 8.78 Å². The number of nitrogens with zero attached hydrogens (tertiary/aromatic N) is 2. The first-order chi connectivity index (χ1) is 7.41. The quantitative estimate of drug-likeness (QED) is 0.542. The summed E-state index contributed by atoms with van der Waals surface area (Å²) in [6.07, 6.45) is 0. The topological polar surface area (TPSA) is 32.7 Å². The molecule has 0 aromatic heterocycles. The average Bonchev–Trinajstić information content (AvgIpc) is 2.16. The summed E-state index contributed by atoms with van der Waals surface area (Å²) in [5.74, 6) is -1.89. The molecule has 1 aromatic rings. The molecule has 0 saturated heterocycles. The summed E-state index contributed by atoms with van der Waals surface area (Å²) in [4.78, 5) is 16.8. The summed E-state index contributed by atoms with van der Waals surface area (Å²) < 4.78 is 25.8. The van der Waals surface area contributed by atoms with Crippen molar-refractivity contribution in [3.8, 4) is 0 Å². The third-order valence-corrected chi connectivity index (χ3v) is 2.07. The van der Waals surface area contributed by atoms with Crippen molar-refractivity contribution in [1.29, 1.82) is 0 Å². The van der Waals surface area contributed by atoms with E-state index in [0.29, 0.717) is 11.9 Å². The normalized spacial score (nSPS) is 11.4. The van der Waals surface area contributed by atoms with Gasteiger partial charge in [0.25, 0.3) is 5.91 Å². The minimum Gasteiger partial charge on any atom is -0.366 e. The van der Waals surface area contributed by atoms with E-state index in [9.17, 15) is 13.6 Å². The van der Waals surface area contributed by atoms with Crippen LogP contribution in [-0.2, 0) is 0 Å². The van der Waals surface area contributed by atoms with Gasteiger partial charge < -0.3 is 4.90 Å². The fourth-order valence-electron chi connectivity index (χ4n) is 0.970. The molecule has 0 saturated carbocycles. The second-order valence-corrected chi connectivity index (χ2v) is 3.48. The maximum absolute atomic E-state index is 13.2. The first-order valence-corrected chi connectivity index (χ1v) is 4.64. The molecule has 0 fully saturated rings. The summed E-state index contributed by atoms with van der Waals surface area (Å²) >= 11 is 0. The van der Waals surface area contributed by atoms with E-state index in [2.05, 4.69) is 4.99 Å². The van der Waals surface area contributed by atoms with Crippen molar-refractivity contribution in [2.45, 2.75) is 6.92 Å². The van der Waals surface area contributed by atoms with E-state index in [0.717, 1.165) is 12.1 Å². The first kappa shape index (κ1) is 12.3. The highest BCUT2D eigenvalue weighted by Crippen LogP contribution is 2.10. The van der Waals surface area contributed by atoms with Gasteiger partial charge in [-0.15, -0.1) is 0 Å². The summed E-state index contributed by atoms with van der Waals surface area (Å²) in [5.41, 5.74) is -0.234. The van der Waals surface area contributed by atoms with Gasteiger partial charge in [-0.2, -0.15) is 4.99 Å². The van der Waals surface area contributed by atoms with Gasteiger partial charge in [-0.05, 0) is 19.1 Å². The van der Waals surface area contributed by atoms with Gasteiger partial charge in [-0.3, -0.25) is 4.79 Å². The average molecular weight is 226 g/mol. The Morgan fingerprint density at radius 1 is 1.31 bits per heavy atom. The van der Waals surface area contributed by atoms with Crippen LogP contribution in [0.4, 0.5) is 8.78 Å². The van der Waals surface area contributed by atoms with Crippen molar-refractivity contribution in [3.63, 3.8) is 0 Å². The van der Waals surface area contributed by atoms with E-state index in [4.69, 9.17) is 0 Å². The van der Waals surface area contributed by atoms with Crippen LogP contribution in [0.1, 0.15) is 17.3 Å². The van der Waals surface area contributed by atoms with E-state index in [1.807, 2.05) is 0 Å². The Hall–Kier alpha value is -1.78. The smallest absolute Gasteiger partial charge is 0.281 e. The molecule has 1 amide bonds. The van der Waals surface area contributed by atoms with Crippen LogP contribution in [0.15, 0.2) is 23.2 Å². The van der Waals surface area contributed by atoms with Crippen LogP contribution in [0.25, 0.3) is 0 Å². The Bertz CT molecular complexity index is 442. The van der Waals surface area contributed by atoms with Gasteiger partial charge in [0.15, 0.2) is 0 Å². The van der Waals surface area contributed by atoms with Crippen LogP contribution in [0, 0.1) is 11.6 Å². The molecule has 0 N–H and O–H groups in total. The lowest BCUT2D eigenvalue weighted by atomic mass is 10.2. The zero-order chi connectivity index (χ0) is 12.3. The molecule has 0 heterocycles. The number of aliphatic imine (C=N–C) groups is 1. The molecule has 0 radical (unpaired) electrons. The van der Waals surface area contributed by atoms with Crippen molar-refractivity contribution >= 4 is 11.7 Å². The van der Waals surface area contributed by atoms with Crippen molar-refractivity contribution in [3.05, 3.63) is 35.4 Å². The number of amides is 1. The molecule has 0 aliphatic heterocycles. The molecule has 3 nitrogen and oxygen atoms in total. The molecule has 5 heteroatoms. The molecule has 1 rings (SSSR count). The highest BCUT2D eigenvalue weighted by atomic mass is 19.1. The minimum atomic E-state index is -0.902. The maximum Gasteiger partial charge on any atom is 0.281 e. The lowest BCUT2D eigenvalue weighted by molar-refractivity contribution is 0.0997. The van der Waals surface area contributed by atoms with Crippen molar-refractivity contribution in [1.82, 2.24) is 4.90 Å². The second kappa shape index (κ2) is 4.83. The van der Waals surface area contributed by atoms with Gasteiger partial charge in [-0.1, -0.05) is 0 Å². The van der Waals surface area contributed by atoms with E-state index in [1.54, 1.807) is 25.9 Å². The third kappa shape index (κ3) is 2.85. The van der Waals surface area contributed by atoms with E-state index in [1.165, 1.54) is 0 Å². The summed E-state index contributed by atoms with van der Waals surface area (Å²) in [6, 6.07) is 2.77. The van der Waals surface area contributed by atoms with E-state index >= 15 is 0 Å². The molecule has 0 aliphatic rings. The Labute approximate surface area is 92.4 Å². The molecular weight excluding hydrogens is 214 g/mol. The monoisotopic (exact) mass is 226 g/mol. The second-order valence-electron chi connectivity index (χ2n) is 3.48. The minimum absolute atomic E-state index is 0.234. The summed E-state index contributed by atoms with van der Waals surface area (Å²) in [6.45, 7) is 1.62. The van der Waals surface area contributed by atoms with Crippen molar-refractivity contribution in [2.24, 2.45) is 4.99 Å². The lowest BCUT2D eigenvalue weighted by Crippen LogP contribution is -2.20. The predicted molar refractivity (Wildman–Crippen MR) is 57.5 cm³/mol.